The van der Waals surface area contributed by atoms with Crippen LogP contribution < -0.4 is 0 Å². The minimum Gasteiger partial charge on any atom is -0.381 e. The molecule has 1 aliphatic rings. The second kappa shape index (κ2) is 14.4. The van der Waals surface area contributed by atoms with Crippen LogP contribution in [0.15, 0.2) is 53.7 Å². The highest BCUT2D eigenvalue weighted by molar-refractivity contribution is 7.13. The van der Waals surface area contributed by atoms with Crippen LogP contribution in [0.25, 0.3) is 5.57 Å². The lowest BCUT2D eigenvalue weighted by Gasteiger charge is -2.31. The number of aryl methyl sites for hydroxylation is 1. The van der Waals surface area contributed by atoms with Crippen LogP contribution in [0.1, 0.15) is 92.4 Å². The molecule has 0 N–H and O–H groups in total. The van der Waals surface area contributed by atoms with Crippen molar-refractivity contribution in [1.82, 2.24) is 0 Å². The fourth-order valence-corrected chi connectivity index (χ4v) is 6.46. The van der Waals surface area contributed by atoms with Crippen molar-refractivity contribution < 1.29 is 14.3 Å². The Bertz CT molecular complexity index is 1070. The van der Waals surface area contributed by atoms with Crippen molar-refractivity contribution in [3.63, 3.8) is 0 Å². The van der Waals surface area contributed by atoms with Gasteiger partial charge in [0.05, 0.1) is 0 Å². The van der Waals surface area contributed by atoms with E-state index in [0.29, 0.717) is 18.3 Å². The van der Waals surface area contributed by atoms with E-state index in [1.807, 2.05) is 46.8 Å². The molecule has 36 heavy (non-hydrogen) atoms. The Hall–Kier alpha value is -2.30. The lowest BCUT2D eigenvalue weighted by molar-refractivity contribution is -0.111. The monoisotopic (exact) mass is 508 g/mol. The first kappa shape index (κ1) is 29.9. The van der Waals surface area contributed by atoms with Crippen LogP contribution in [-0.4, -0.2) is 24.8 Å². The van der Waals surface area contributed by atoms with Crippen molar-refractivity contribution in [2.24, 2.45) is 11.8 Å². The van der Waals surface area contributed by atoms with Gasteiger partial charge < -0.3 is 4.74 Å². The molecule has 0 bridgehead atoms. The summed E-state index contributed by atoms with van der Waals surface area (Å²) in [5.41, 5.74) is 5.53. The molecule has 196 valence electrons. The predicted molar refractivity (Wildman–Crippen MR) is 155 cm³/mol. The largest absolute Gasteiger partial charge is 0.381 e. The number of rotatable bonds is 12. The topological polar surface area (TPSA) is 43.4 Å². The van der Waals surface area contributed by atoms with Crippen LogP contribution in [0.2, 0.25) is 0 Å². The Morgan fingerprint density at radius 2 is 1.75 bits per heavy atom. The Labute approximate surface area is 222 Å². The van der Waals surface area contributed by atoms with E-state index in [2.05, 4.69) is 20.4 Å². The maximum Gasteiger partial charge on any atom is 0.187 e. The second-order valence-electron chi connectivity index (χ2n) is 9.92. The van der Waals surface area contributed by atoms with Crippen LogP contribution in [-0.2, 0) is 9.53 Å². The van der Waals surface area contributed by atoms with Crippen LogP contribution >= 0.6 is 11.3 Å². The minimum atomic E-state index is -0.00939. The first-order valence-corrected chi connectivity index (χ1v) is 14.1. The summed E-state index contributed by atoms with van der Waals surface area (Å²) >= 11 is 1.70. The summed E-state index contributed by atoms with van der Waals surface area (Å²) in [4.78, 5) is 28.3. The Morgan fingerprint density at radius 1 is 1.11 bits per heavy atom. The maximum atomic E-state index is 13.5. The normalized spacial score (nSPS) is 17.0. The summed E-state index contributed by atoms with van der Waals surface area (Å²) in [5.74, 6) is 1.02. The average Bonchev–Trinajstić information content (AvgIpc) is 3.15. The molecule has 3 nitrogen and oxygen atoms in total. The smallest absolute Gasteiger partial charge is 0.187 e. The van der Waals surface area contributed by atoms with Gasteiger partial charge in [-0.15, -0.1) is 11.3 Å². The highest BCUT2D eigenvalue weighted by Gasteiger charge is 2.29. The van der Waals surface area contributed by atoms with Crippen LogP contribution in [0.4, 0.5) is 0 Å². The number of ether oxygens (including phenoxy) is 1. The van der Waals surface area contributed by atoms with Gasteiger partial charge in [0.15, 0.2) is 11.6 Å². The van der Waals surface area contributed by atoms with Gasteiger partial charge in [-0.3, -0.25) is 9.59 Å². The van der Waals surface area contributed by atoms with Crippen LogP contribution in [0, 0.1) is 25.7 Å². The molecule has 0 saturated carbocycles. The predicted octanol–water partition coefficient (Wildman–Crippen LogP) is 8.78. The number of thiophene rings is 1. The van der Waals surface area contributed by atoms with E-state index in [9.17, 15) is 9.59 Å². The highest BCUT2D eigenvalue weighted by Crippen LogP contribution is 2.42. The number of hydrogen-bond acceptors (Lipinski definition) is 4. The van der Waals surface area contributed by atoms with Gasteiger partial charge in [0.2, 0.25) is 0 Å². The van der Waals surface area contributed by atoms with E-state index in [-0.39, 0.29) is 11.6 Å². The van der Waals surface area contributed by atoms with Gasteiger partial charge >= 0.3 is 0 Å². The van der Waals surface area contributed by atoms with E-state index >= 15 is 0 Å². The second-order valence-corrected chi connectivity index (χ2v) is 11.1. The Morgan fingerprint density at radius 3 is 2.33 bits per heavy atom. The third-order valence-corrected chi connectivity index (χ3v) is 8.37. The lowest BCUT2D eigenvalue weighted by atomic mass is 9.78. The molecule has 0 radical (unpaired) electrons. The highest BCUT2D eigenvalue weighted by atomic mass is 32.1. The van der Waals surface area contributed by atoms with Crippen LogP contribution in [0.3, 0.4) is 0 Å². The summed E-state index contributed by atoms with van der Waals surface area (Å²) in [6, 6.07) is 0. The Balaban J connectivity index is 2.34. The molecule has 4 heteroatoms. The maximum absolute atomic E-state index is 13.5. The van der Waals surface area contributed by atoms with E-state index < -0.39 is 0 Å². The summed E-state index contributed by atoms with van der Waals surface area (Å²) < 4.78 is 5.60. The molecular weight excluding hydrogens is 464 g/mol. The summed E-state index contributed by atoms with van der Waals surface area (Å²) in [6.45, 7) is 20.2. The van der Waals surface area contributed by atoms with Gasteiger partial charge in [-0.1, -0.05) is 43.7 Å². The lowest BCUT2D eigenvalue weighted by Crippen LogP contribution is -2.24. The van der Waals surface area contributed by atoms with Crippen molar-refractivity contribution in [2.75, 3.05) is 13.2 Å². The molecule has 1 unspecified atom stereocenters. The first-order valence-electron chi connectivity index (χ1n) is 13.2. The summed E-state index contributed by atoms with van der Waals surface area (Å²) in [7, 11) is 0. The number of ketones is 2. The zero-order chi connectivity index (χ0) is 26.8. The Kier molecular flexibility index (Phi) is 12.0. The van der Waals surface area contributed by atoms with E-state index in [1.54, 1.807) is 29.6 Å². The molecule has 2 heterocycles. The van der Waals surface area contributed by atoms with Gasteiger partial charge in [-0.05, 0) is 108 Å². The van der Waals surface area contributed by atoms with Gasteiger partial charge in [0.1, 0.15) is 0 Å². The van der Waals surface area contributed by atoms with Gasteiger partial charge in [0, 0.05) is 34.1 Å². The van der Waals surface area contributed by atoms with E-state index in [1.165, 1.54) is 10.5 Å². The van der Waals surface area contributed by atoms with Crippen molar-refractivity contribution in [1.29, 1.82) is 0 Å². The average molecular weight is 509 g/mol. The SMILES string of the molecule is C=C(c1sc(C)c(C(=O)C=C(C)CC(C(=O)C=CC)=C(C)C=CC)c1C)C(CCC)C1CCOCC1. The molecule has 0 amide bonds. The fraction of sp³-hybridized carbons (Fsp3) is 0.500. The zero-order valence-corrected chi connectivity index (χ0v) is 24.1. The summed E-state index contributed by atoms with van der Waals surface area (Å²) in [6.07, 6.45) is 13.8. The number of carbonyl (C=O) groups excluding carboxylic acids is 2. The van der Waals surface area contributed by atoms with Gasteiger partial charge in [-0.2, -0.15) is 0 Å². The molecule has 1 saturated heterocycles. The third-order valence-electron chi connectivity index (χ3n) is 7.08. The molecule has 1 atom stereocenters. The number of hydrogen-bond donors (Lipinski definition) is 0. The summed E-state index contributed by atoms with van der Waals surface area (Å²) in [5, 5.41) is 0. The molecule has 2 rings (SSSR count). The standard InChI is InChI=1S/C32H44O3S/c1-9-12-22(5)28(29(33)14-11-3)19-21(4)20-30(34)31-24(7)32(36-25(31)8)23(6)27(13-10-2)26-15-17-35-18-16-26/h9,11-12,14,20,26-27H,6,10,13,15-19H2,1-5,7-8H3. The van der Waals surface area contributed by atoms with Crippen LogP contribution in [0.5, 0.6) is 0 Å². The molecule has 0 aliphatic carbocycles. The van der Waals surface area contributed by atoms with Crippen molar-refractivity contribution >= 4 is 28.5 Å². The van der Waals surface area contributed by atoms with E-state index in [0.717, 1.165) is 71.6 Å². The molecule has 0 aromatic carbocycles. The van der Waals surface area contributed by atoms with Gasteiger partial charge in [0.25, 0.3) is 0 Å². The van der Waals surface area contributed by atoms with Crippen molar-refractivity contribution in [3.8, 4) is 0 Å². The molecule has 0 spiro atoms. The van der Waals surface area contributed by atoms with Gasteiger partial charge in [-0.25, -0.2) is 0 Å². The minimum absolute atomic E-state index is 0.00939. The van der Waals surface area contributed by atoms with E-state index in [4.69, 9.17) is 4.74 Å². The number of allylic oxidation sites excluding steroid dienone is 9. The number of carbonyl (C=O) groups is 2. The van der Waals surface area contributed by atoms with Crippen molar-refractivity contribution in [2.45, 2.75) is 80.6 Å². The first-order chi connectivity index (χ1) is 17.2. The zero-order valence-electron chi connectivity index (χ0n) is 23.3. The molecule has 1 aromatic rings. The molecular formula is C32H44O3S. The molecule has 1 aliphatic heterocycles. The molecule has 1 fully saturated rings. The quantitative estimate of drug-likeness (QED) is 0.161. The third kappa shape index (κ3) is 7.60. The fourth-order valence-electron chi connectivity index (χ4n) is 5.26. The molecule has 1 aromatic heterocycles. The van der Waals surface area contributed by atoms with Crippen molar-refractivity contribution in [3.05, 3.63) is 74.6 Å².